The highest BCUT2D eigenvalue weighted by Crippen LogP contribution is 2.48. The van der Waals surface area contributed by atoms with Crippen LogP contribution in [0.25, 0.3) is 0 Å². The van der Waals surface area contributed by atoms with E-state index in [2.05, 4.69) is 11.5 Å². The van der Waals surface area contributed by atoms with Gasteiger partial charge in [0.25, 0.3) is 0 Å². The second-order valence-electron chi connectivity index (χ2n) is 8.55. The number of alkyl halides is 3. The number of rotatable bonds is 6. The molecule has 8 heteroatoms. The fourth-order valence-corrected chi connectivity index (χ4v) is 4.94. The molecule has 0 fully saturated rings. The van der Waals surface area contributed by atoms with Gasteiger partial charge in [-0.2, -0.15) is 13.2 Å². The first kappa shape index (κ1) is 22.4. The molecule has 172 valence electrons. The highest BCUT2D eigenvalue weighted by molar-refractivity contribution is 5.84. The second kappa shape index (κ2) is 8.64. The van der Waals surface area contributed by atoms with Crippen LogP contribution in [0.4, 0.5) is 23.2 Å². The molecule has 1 heterocycles. The molecule has 3 aliphatic rings. The Bertz CT molecular complexity index is 978. The number of carbonyl (C=O) groups excluding carboxylic acids is 1. The van der Waals surface area contributed by atoms with Crippen LogP contribution in [0.3, 0.4) is 0 Å². The average molecular weight is 449 g/mol. The van der Waals surface area contributed by atoms with Gasteiger partial charge in [-0.1, -0.05) is 13.8 Å². The molecule has 1 aliphatic heterocycles. The maximum Gasteiger partial charge on any atom is 0.390 e. The summed E-state index contributed by atoms with van der Waals surface area (Å²) >= 11 is 0. The number of anilines is 1. The van der Waals surface area contributed by atoms with Crippen molar-refractivity contribution in [1.82, 2.24) is 10.3 Å². The molecule has 2 atom stereocenters. The van der Waals surface area contributed by atoms with E-state index < -0.39 is 18.5 Å². The number of benzene rings is 1. The molecule has 1 aromatic carbocycles. The third-order valence-electron chi connectivity index (χ3n) is 6.43. The zero-order chi connectivity index (χ0) is 23.0. The zero-order valence-corrected chi connectivity index (χ0v) is 18.2. The molecular weight excluding hydrogens is 422 g/mol. The topological polar surface area (TPSA) is 35.6 Å². The number of nitrogens with one attached hydrogen (secondary N) is 1. The molecule has 0 saturated heterocycles. The molecule has 0 spiro atoms. The number of halogens is 4. The molecule has 0 aromatic heterocycles. The Morgan fingerprint density at radius 1 is 1.22 bits per heavy atom. The van der Waals surface area contributed by atoms with E-state index in [9.17, 15) is 22.4 Å². The maximum atomic E-state index is 13.3. The summed E-state index contributed by atoms with van der Waals surface area (Å²) in [5.41, 5.74) is 8.08. The minimum absolute atomic E-state index is 0.0366. The number of amides is 1. The van der Waals surface area contributed by atoms with Gasteiger partial charge in [0.05, 0.1) is 23.7 Å². The molecule has 2 aliphatic carbocycles. The van der Waals surface area contributed by atoms with E-state index >= 15 is 0 Å². The lowest BCUT2D eigenvalue weighted by molar-refractivity contribution is -0.147. The van der Waals surface area contributed by atoms with Crippen molar-refractivity contribution in [2.24, 2.45) is 11.8 Å². The summed E-state index contributed by atoms with van der Waals surface area (Å²) in [7, 11) is 0. The quantitative estimate of drug-likeness (QED) is 0.586. The Hall–Kier alpha value is -2.77. The van der Waals surface area contributed by atoms with Crippen LogP contribution in [0.1, 0.15) is 39.5 Å². The van der Waals surface area contributed by atoms with Crippen molar-refractivity contribution in [2.75, 3.05) is 18.1 Å². The maximum absolute atomic E-state index is 13.3. The van der Waals surface area contributed by atoms with Gasteiger partial charge >= 0.3 is 6.18 Å². The molecule has 0 saturated carbocycles. The Morgan fingerprint density at radius 2 is 1.94 bits per heavy atom. The molecule has 4 nitrogen and oxygen atoms in total. The lowest BCUT2D eigenvalue weighted by Crippen LogP contribution is -2.40. The Balaban J connectivity index is 1.59. The Kier molecular flexibility index (Phi) is 6.05. The van der Waals surface area contributed by atoms with Crippen molar-refractivity contribution >= 4 is 11.6 Å². The molecule has 1 N–H and O–H groups in total. The predicted molar refractivity (Wildman–Crippen MR) is 115 cm³/mol. The van der Waals surface area contributed by atoms with Crippen molar-refractivity contribution in [1.29, 1.82) is 0 Å². The van der Waals surface area contributed by atoms with Crippen molar-refractivity contribution in [3.63, 3.8) is 0 Å². The molecule has 0 bridgehead atoms. The highest BCUT2D eigenvalue weighted by Gasteiger charge is 2.42. The number of hydrogen-bond acceptors (Lipinski definition) is 3. The van der Waals surface area contributed by atoms with Crippen LogP contribution >= 0.6 is 0 Å². The van der Waals surface area contributed by atoms with Crippen LogP contribution in [0, 0.1) is 17.7 Å². The normalized spacial score (nSPS) is 22.2. The average Bonchev–Trinajstić information content (AvgIpc) is 3.36. The number of hydrazine groups is 1. The third kappa shape index (κ3) is 4.27. The van der Waals surface area contributed by atoms with E-state index in [1.165, 1.54) is 17.0 Å². The summed E-state index contributed by atoms with van der Waals surface area (Å²) in [5.74, 6) is -0.938. The molecule has 0 unspecified atom stereocenters. The van der Waals surface area contributed by atoms with Gasteiger partial charge in [-0.05, 0) is 60.8 Å². The van der Waals surface area contributed by atoms with Crippen LogP contribution in [0.15, 0.2) is 59.0 Å². The third-order valence-corrected chi connectivity index (χ3v) is 6.43. The van der Waals surface area contributed by atoms with Gasteiger partial charge in [0.15, 0.2) is 0 Å². The summed E-state index contributed by atoms with van der Waals surface area (Å²) in [5, 5.41) is 1.89. The van der Waals surface area contributed by atoms with Crippen molar-refractivity contribution in [2.45, 2.75) is 45.7 Å². The standard InChI is InChI=1S/C24H27F4N3O/c1-3-11-30(12-10-24(26,27)28)23(32)19-9-4-16-13-21-20(15(2)22(16)19)14-29-31(21)18-7-5-17(25)6-8-18/h5-8,13-15,19,29H,3-4,9-12H2,1-2H3/t15-,19-/m0/s1. The number of carbonyl (C=O) groups is 1. The Labute approximate surface area is 185 Å². The van der Waals surface area contributed by atoms with Crippen LogP contribution in [0.5, 0.6) is 0 Å². The molecule has 1 amide bonds. The van der Waals surface area contributed by atoms with Crippen LogP contribution in [-0.4, -0.2) is 30.1 Å². The zero-order valence-electron chi connectivity index (χ0n) is 18.2. The molecule has 4 rings (SSSR count). The van der Waals surface area contributed by atoms with E-state index in [0.29, 0.717) is 25.8 Å². The van der Waals surface area contributed by atoms with Crippen LogP contribution in [0.2, 0.25) is 0 Å². The van der Waals surface area contributed by atoms with Gasteiger partial charge in [0.2, 0.25) is 5.91 Å². The molecule has 0 radical (unpaired) electrons. The fraction of sp³-hybridized carbons (Fsp3) is 0.458. The van der Waals surface area contributed by atoms with Crippen molar-refractivity contribution in [3.05, 3.63) is 64.8 Å². The van der Waals surface area contributed by atoms with Crippen LogP contribution in [-0.2, 0) is 4.79 Å². The fourth-order valence-electron chi connectivity index (χ4n) is 4.94. The van der Waals surface area contributed by atoms with Crippen molar-refractivity contribution < 1.29 is 22.4 Å². The van der Waals surface area contributed by atoms with Gasteiger partial charge in [-0.25, -0.2) is 4.39 Å². The van der Waals surface area contributed by atoms with Gasteiger partial charge in [0.1, 0.15) is 5.82 Å². The Morgan fingerprint density at radius 3 is 2.59 bits per heavy atom. The molecular formula is C24H27F4N3O. The summed E-state index contributed by atoms with van der Waals surface area (Å²) in [4.78, 5) is 14.7. The monoisotopic (exact) mass is 449 g/mol. The molecule has 1 aromatic rings. The van der Waals surface area contributed by atoms with Crippen LogP contribution < -0.4 is 10.4 Å². The smallest absolute Gasteiger partial charge is 0.342 e. The summed E-state index contributed by atoms with van der Waals surface area (Å²) in [6, 6.07) is 6.19. The minimum atomic E-state index is -4.29. The van der Waals surface area contributed by atoms with Gasteiger partial charge in [-0.3, -0.25) is 9.80 Å². The summed E-state index contributed by atoms with van der Waals surface area (Å²) < 4.78 is 51.7. The number of fused-ring (bicyclic) bond motifs is 1. The van der Waals surface area contributed by atoms with Gasteiger partial charge < -0.3 is 10.3 Å². The largest absolute Gasteiger partial charge is 0.390 e. The first-order valence-electron chi connectivity index (χ1n) is 11.0. The van der Waals surface area contributed by atoms with Gasteiger partial charge in [-0.15, -0.1) is 0 Å². The predicted octanol–water partition coefficient (Wildman–Crippen LogP) is 5.47. The lowest BCUT2D eigenvalue weighted by atomic mass is 9.80. The van der Waals surface area contributed by atoms with E-state index in [1.54, 1.807) is 12.1 Å². The SMILES string of the molecule is CCCN(CCC(F)(F)F)C(=O)[C@H]1CCC2=C1[C@@H](C)C1=CNN(c3ccc(F)cc3)C1=C2. The van der Waals surface area contributed by atoms with E-state index in [0.717, 1.165) is 28.1 Å². The second-order valence-corrected chi connectivity index (χ2v) is 8.55. The first-order chi connectivity index (χ1) is 15.2. The first-order valence-corrected chi connectivity index (χ1v) is 11.0. The van der Waals surface area contributed by atoms with E-state index in [-0.39, 0.29) is 24.2 Å². The number of allylic oxidation sites excluding steroid dienone is 3. The van der Waals surface area contributed by atoms with Gasteiger partial charge in [0, 0.05) is 30.8 Å². The summed E-state index contributed by atoms with van der Waals surface area (Å²) in [6.45, 7) is 3.93. The number of hydrogen-bond donors (Lipinski definition) is 1. The summed E-state index contributed by atoms with van der Waals surface area (Å²) in [6.07, 6.45) is 0.605. The minimum Gasteiger partial charge on any atom is -0.342 e. The van der Waals surface area contributed by atoms with Crippen molar-refractivity contribution in [3.8, 4) is 0 Å². The van der Waals surface area contributed by atoms with E-state index in [1.807, 2.05) is 25.1 Å². The lowest BCUT2D eigenvalue weighted by Gasteiger charge is -2.32. The van der Waals surface area contributed by atoms with E-state index in [4.69, 9.17) is 0 Å². The number of nitrogens with zero attached hydrogens (tertiary/aromatic N) is 2. The molecule has 32 heavy (non-hydrogen) atoms. The highest BCUT2D eigenvalue weighted by atomic mass is 19.4.